The number of nitrogens with two attached hydrogens (primary N) is 1. The van der Waals surface area contributed by atoms with Crippen LogP contribution in [0, 0.1) is 13.8 Å². The Hall–Kier alpha value is -2.87. The van der Waals surface area contributed by atoms with E-state index < -0.39 is 18.0 Å². The molecule has 8 heteroatoms. The van der Waals surface area contributed by atoms with Crippen molar-refractivity contribution in [2.75, 3.05) is 19.0 Å². The van der Waals surface area contributed by atoms with Crippen LogP contribution in [0.2, 0.25) is 0 Å². The molecule has 26 heavy (non-hydrogen) atoms. The standard InChI is InChI=1S/C18H25N5O3/c1-12-9-13(2)23(22-12)11-14-5-4-6-15(10-14)20-18(25)21-16(17(19)24)7-8-26-3/h4-6,9-10,16H,7-8,11H2,1-3H3,(H2,19,24)(H2,20,21,25). The van der Waals surface area contributed by atoms with Crippen LogP contribution in [0.25, 0.3) is 0 Å². The molecule has 0 aliphatic carbocycles. The molecule has 1 aromatic heterocycles. The maximum absolute atomic E-state index is 12.1. The summed E-state index contributed by atoms with van der Waals surface area (Å²) in [5.41, 5.74) is 8.95. The topological polar surface area (TPSA) is 111 Å². The molecule has 1 heterocycles. The summed E-state index contributed by atoms with van der Waals surface area (Å²) in [6, 6.07) is 8.20. The highest BCUT2D eigenvalue weighted by molar-refractivity contribution is 5.93. The number of rotatable bonds is 8. The second kappa shape index (κ2) is 9.00. The van der Waals surface area contributed by atoms with Gasteiger partial charge in [-0.25, -0.2) is 4.79 Å². The van der Waals surface area contributed by atoms with Gasteiger partial charge in [0.15, 0.2) is 0 Å². The van der Waals surface area contributed by atoms with Gasteiger partial charge in [-0.1, -0.05) is 12.1 Å². The highest BCUT2D eigenvalue weighted by atomic mass is 16.5. The maximum Gasteiger partial charge on any atom is 0.319 e. The molecule has 0 aliphatic rings. The molecular formula is C18H25N5O3. The first-order valence-corrected chi connectivity index (χ1v) is 8.35. The lowest BCUT2D eigenvalue weighted by molar-refractivity contribution is -0.120. The first-order chi connectivity index (χ1) is 12.4. The number of nitrogens with one attached hydrogen (secondary N) is 2. The zero-order valence-corrected chi connectivity index (χ0v) is 15.3. The predicted octanol–water partition coefficient (Wildman–Crippen LogP) is 1.56. The number of ether oxygens (including phenoxy) is 1. The van der Waals surface area contributed by atoms with E-state index in [1.165, 1.54) is 7.11 Å². The van der Waals surface area contributed by atoms with E-state index in [1.54, 1.807) is 6.07 Å². The first kappa shape index (κ1) is 19.5. The minimum atomic E-state index is -0.784. The zero-order chi connectivity index (χ0) is 19.1. The number of anilines is 1. The molecule has 0 saturated heterocycles. The van der Waals surface area contributed by atoms with Crippen LogP contribution in [-0.2, 0) is 16.1 Å². The van der Waals surface area contributed by atoms with Crippen LogP contribution >= 0.6 is 0 Å². The summed E-state index contributed by atoms with van der Waals surface area (Å²) < 4.78 is 6.82. The number of aromatic nitrogens is 2. The normalized spacial score (nSPS) is 11.8. The second-order valence-electron chi connectivity index (χ2n) is 6.12. The van der Waals surface area contributed by atoms with Crippen molar-refractivity contribution in [3.63, 3.8) is 0 Å². The van der Waals surface area contributed by atoms with E-state index in [9.17, 15) is 9.59 Å². The van der Waals surface area contributed by atoms with E-state index in [0.29, 0.717) is 25.3 Å². The number of hydrogen-bond donors (Lipinski definition) is 3. The Bertz CT molecular complexity index is 772. The van der Waals surface area contributed by atoms with Gasteiger partial charge >= 0.3 is 6.03 Å². The zero-order valence-electron chi connectivity index (χ0n) is 15.3. The minimum Gasteiger partial charge on any atom is -0.385 e. The van der Waals surface area contributed by atoms with Gasteiger partial charge in [0.25, 0.3) is 0 Å². The van der Waals surface area contributed by atoms with Gasteiger partial charge in [-0.15, -0.1) is 0 Å². The lowest BCUT2D eigenvalue weighted by Crippen LogP contribution is -2.46. The summed E-state index contributed by atoms with van der Waals surface area (Å²) in [5.74, 6) is -0.601. The van der Waals surface area contributed by atoms with Crippen molar-refractivity contribution < 1.29 is 14.3 Å². The maximum atomic E-state index is 12.1. The number of primary amides is 1. The van der Waals surface area contributed by atoms with Crippen molar-refractivity contribution >= 4 is 17.6 Å². The quantitative estimate of drug-likeness (QED) is 0.664. The average Bonchev–Trinajstić information content (AvgIpc) is 2.88. The molecule has 2 rings (SSSR count). The van der Waals surface area contributed by atoms with E-state index in [2.05, 4.69) is 15.7 Å². The van der Waals surface area contributed by atoms with E-state index >= 15 is 0 Å². The van der Waals surface area contributed by atoms with Crippen LogP contribution in [0.15, 0.2) is 30.3 Å². The minimum absolute atomic E-state index is 0.317. The Morgan fingerprint density at radius 1 is 1.31 bits per heavy atom. The van der Waals surface area contributed by atoms with Crippen LogP contribution < -0.4 is 16.4 Å². The summed E-state index contributed by atoms with van der Waals surface area (Å²) in [6.45, 7) is 4.88. The van der Waals surface area contributed by atoms with Gasteiger partial charge in [0.05, 0.1) is 12.2 Å². The van der Waals surface area contributed by atoms with Gasteiger partial charge in [-0.05, 0) is 44.0 Å². The van der Waals surface area contributed by atoms with E-state index in [-0.39, 0.29) is 0 Å². The van der Waals surface area contributed by atoms with E-state index in [1.807, 2.05) is 42.8 Å². The smallest absolute Gasteiger partial charge is 0.319 e. The van der Waals surface area contributed by atoms with Crippen molar-refractivity contribution in [3.8, 4) is 0 Å². The molecule has 0 radical (unpaired) electrons. The molecule has 140 valence electrons. The molecule has 1 unspecified atom stereocenters. The van der Waals surface area contributed by atoms with Crippen molar-refractivity contribution in [1.29, 1.82) is 0 Å². The lowest BCUT2D eigenvalue weighted by Gasteiger charge is -2.16. The Morgan fingerprint density at radius 3 is 2.69 bits per heavy atom. The van der Waals surface area contributed by atoms with Crippen molar-refractivity contribution in [2.24, 2.45) is 5.73 Å². The number of nitrogens with zero attached hydrogens (tertiary/aromatic N) is 2. The third-order valence-corrected chi connectivity index (χ3v) is 3.88. The van der Waals surface area contributed by atoms with Crippen LogP contribution in [0.5, 0.6) is 0 Å². The van der Waals surface area contributed by atoms with E-state index in [4.69, 9.17) is 10.5 Å². The Kier molecular flexibility index (Phi) is 6.74. The number of hydrogen-bond acceptors (Lipinski definition) is 4. The summed E-state index contributed by atoms with van der Waals surface area (Å²) in [6.07, 6.45) is 0.317. The lowest BCUT2D eigenvalue weighted by atomic mass is 10.2. The highest BCUT2D eigenvalue weighted by Crippen LogP contribution is 2.13. The molecule has 0 saturated carbocycles. The van der Waals surface area contributed by atoms with Crippen molar-refractivity contribution in [2.45, 2.75) is 32.9 Å². The van der Waals surface area contributed by atoms with Crippen LogP contribution in [-0.4, -0.2) is 41.5 Å². The molecule has 0 fully saturated rings. The van der Waals surface area contributed by atoms with Gasteiger partial charge < -0.3 is 21.1 Å². The summed E-state index contributed by atoms with van der Waals surface area (Å²) >= 11 is 0. The summed E-state index contributed by atoms with van der Waals surface area (Å²) in [5, 5.41) is 9.72. The number of amides is 3. The molecule has 0 bridgehead atoms. The monoisotopic (exact) mass is 359 g/mol. The molecule has 0 aliphatic heterocycles. The third-order valence-electron chi connectivity index (χ3n) is 3.88. The van der Waals surface area contributed by atoms with Gasteiger partial charge in [-0.2, -0.15) is 5.10 Å². The highest BCUT2D eigenvalue weighted by Gasteiger charge is 2.17. The fourth-order valence-electron chi connectivity index (χ4n) is 2.60. The number of aryl methyl sites for hydroxylation is 2. The van der Waals surface area contributed by atoms with Crippen molar-refractivity contribution in [3.05, 3.63) is 47.3 Å². The van der Waals surface area contributed by atoms with Gasteiger partial charge in [0.1, 0.15) is 6.04 Å². The fraction of sp³-hybridized carbons (Fsp3) is 0.389. The summed E-state index contributed by atoms with van der Waals surface area (Å²) in [7, 11) is 1.52. The number of carbonyl (C=O) groups excluding carboxylic acids is 2. The van der Waals surface area contributed by atoms with Crippen LogP contribution in [0.4, 0.5) is 10.5 Å². The van der Waals surface area contributed by atoms with Crippen molar-refractivity contribution in [1.82, 2.24) is 15.1 Å². The molecule has 8 nitrogen and oxygen atoms in total. The predicted molar refractivity (Wildman–Crippen MR) is 98.9 cm³/mol. The SMILES string of the molecule is COCCC(NC(=O)Nc1cccc(Cn2nc(C)cc2C)c1)C(N)=O. The van der Waals surface area contributed by atoms with Gasteiger partial charge in [0.2, 0.25) is 5.91 Å². The molecular weight excluding hydrogens is 334 g/mol. The molecule has 4 N–H and O–H groups in total. The molecule has 1 atom stereocenters. The van der Waals surface area contributed by atoms with Gasteiger partial charge in [-0.3, -0.25) is 9.48 Å². The largest absolute Gasteiger partial charge is 0.385 e. The third kappa shape index (κ3) is 5.59. The molecule has 1 aromatic carbocycles. The van der Waals surface area contributed by atoms with Gasteiger partial charge in [0, 0.05) is 25.1 Å². The number of urea groups is 1. The fourth-order valence-corrected chi connectivity index (χ4v) is 2.60. The van der Waals surface area contributed by atoms with E-state index in [0.717, 1.165) is 17.0 Å². The first-order valence-electron chi connectivity index (χ1n) is 8.35. The Morgan fingerprint density at radius 2 is 2.08 bits per heavy atom. The molecule has 2 aromatic rings. The van der Waals surface area contributed by atoms with Crippen LogP contribution in [0.1, 0.15) is 23.4 Å². The molecule has 3 amide bonds. The average molecular weight is 359 g/mol. The number of carbonyl (C=O) groups is 2. The number of methoxy groups -OCH3 is 1. The Labute approximate surface area is 152 Å². The van der Waals surface area contributed by atoms with Crippen LogP contribution in [0.3, 0.4) is 0 Å². The summed E-state index contributed by atoms with van der Waals surface area (Å²) in [4.78, 5) is 23.5. The second-order valence-corrected chi connectivity index (χ2v) is 6.12. The molecule has 0 spiro atoms. The number of benzene rings is 1. The Balaban J connectivity index is 1.99.